The Labute approximate surface area is 258 Å². The van der Waals surface area contributed by atoms with E-state index in [-0.39, 0.29) is 28.7 Å². The van der Waals surface area contributed by atoms with Crippen LogP contribution in [-0.4, -0.2) is 81.1 Å². The van der Waals surface area contributed by atoms with Gasteiger partial charge in [-0.2, -0.15) is 9.97 Å². The molecule has 0 N–H and O–H groups in total. The summed E-state index contributed by atoms with van der Waals surface area (Å²) < 4.78 is 34.6. The van der Waals surface area contributed by atoms with E-state index in [9.17, 15) is 13.6 Å². The minimum absolute atomic E-state index is 0.0116. The highest BCUT2D eigenvalue weighted by Crippen LogP contribution is 2.42. The van der Waals surface area contributed by atoms with Gasteiger partial charge in [0.05, 0.1) is 33.7 Å². The molecule has 2 aromatic heterocycles. The molecule has 4 saturated heterocycles. The number of ether oxygens (including phenoxy) is 1. The van der Waals surface area contributed by atoms with Gasteiger partial charge in [0, 0.05) is 24.0 Å². The van der Waals surface area contributed by atoms with Gasteiger partial charge in [-0.3, -0.25) is 9.69 Å². The number of likely N-dealkylation sites (tertiary alicyclic amines) is 1. The van der Waals surface area contributed by atoms with Gasteiger partial charge in [-0.1, -0.05) is 42.4 Å². The van der Waals surface area contributed by atoms with E-state index < -0.39 is 17.6 Å². The lowest BCUT2D eigenvalue weighted by Gasteiger charge is -2.47. The SMILES string of the molecule is C=C(F)C(=O)N1CC[C@@H]2[C@H]1CN2c1nc(OCC23CCCN2CCC3)nc2nc(-c3cccc4ccc(F)c(Cl)c34)ccc12. The second-order valence-electron chi connectivity index (χ2n) is 12.3. The molecule has 226 valence electrons. The Morgan fingerprint density at radius 1 is 1.05 bits per heavy atom. The van der Waals surface area contributed by atoms with Crippen LogP contribution in [0.4, 0.5) is 14.6 Å². The number of halogens is 3. The number of nitrogens with zero attached hydrogens (tertiary/aromatic N) is 6. The third kappa shape index (κ3) is 4.25. The molecule has 1 amide bonds. The van der Waals surface area contributed by atoms with Gasteiger partial charge in [-0.05, 0) is 68.8 Å². The zero-order valence-corrected chi connectivity index (χ0v) is 24.9. The minimum atomic E-state index is -0.940. The van der Waals surface area contributed by atoms with Crippen molar-refractivity contribution in [1.29, 1.82) is 0 Å². The summed E-state index contributed by atoms with van der Waals surface area (Å²) in [6, 6.07) is 12.6. The molecule has 4 aliphatic heterocycles. The number of rotatable bonds is 6. The van der Waals surface area contributed by atoms with Crippen LogP contribution < -0.4 is 9.64 Å². The molecule has 0 saturated carbocycles. The van der Waals surface area contributed by atoms with Crippen molar-refractivity contribution in [3.05, 3.63) is 65.7 Å². The molecule has 6 heterocycles. The fourth-order valence-electron chi connectivity index (χ4n) is 7.86. The molecular weight excluding hydrogens is 586 g/mol. The number of amides is 1. The largest absolute Gasteiger partial charge is 0.461 e. The van der Waals surface area contributed by atoms with E-state index in [0.717, 1.165) is 49.5 Å². The summed E-state index contributed by atoms with van der Waals surface area (Å²) in [4.78, 5) is 33.3. The van der Waals surface area contributed by atoms with E-state index in [4.69, 9.17) is 31.3 Å². The first kappa shape index (κ1) is 27.6. The van der Waals surface area contributed by atoms with Crippen LogP contribution >= 0.6 is 11.6 Å². The zero-order valence-electron chi connectivity index (χ0n) is 24.1. The van der Waals surface area contributed by atoms with Crippen molar-refractivity contribution in [3.8, 4) is 17.3 Å². The van der Waals surface area contributed by atoms with Crippen LogP contribution in [0, 0.1) is 5.82 Å². The number of aromatic nitrogens is 3. The molecule has 11 heteroatoms. The first-order valence-corrected chi connectivity index (χ1v) is 15.6. The van der Waals surface area contributed by atoms with Crippen LogP contribution in [0.25, 0.3) is 33.1 Å². The van der Waals surface area contributed by atoms with Crippen molar-refractivity contribution in [2.24, 2.45) is 0 Å². The zero-order chi connectivity index (χ0) is 30.2. The molecule has 4 fully saturated rings. The topological polar surface area (TPSA) is 74.7 Å². The molecule has 4 aliphatic rings. The van der Waals surface area contributed by atoms with Crippen LogP contribution in [0.3, 0.4) is 0 Å². The van der Waals surface area contributed by atoms with Crippen molar-refractivity contribution in [2.45, 2.75) is 49.7 Å². The number of pyridine rings is 1. The predicted octanol–water partition coefficient (Wildman–Crippen LogP) is 5.92. The highest BCUT2D eigenvalue weighted by atomic mass is 35.5. The molecule has 0 unspecified atom stereocenters. The lowest BCUT2D eigenvalue weighted by molar-refractivity contribution is -0.130. The lowest BCUT2D eigenvalue weighted by atomic mass is 9.95. The Kier molecular flexibility index (Phi) is 6.50. The standard InChI is InChI=1S/C33H31ClF2N6O2/c1-19(35)31(43)41-16-11-25-26(41)17-42(25)30-22-8-10-24(21-6-2-5-20-7-9-23(36)28(34)27(20)21)37-29(22)38-32(39-30)44-18-33-12-3-14-40(33)15-4-13-33/h2,5-10,25-26H,1,3-4,11-18H2/t25-,26-/m1/s1. The van der Waals surface area contributed by atoms with E-state index in [1.807, 2.05) is 30.3 Å². The van der Waals surface area contributed by atoms with Gasteiger partial charge in [-0.15, -0.1) is 0 Å². The first-order chi connectivity index (χ1) is 21.3. The third-order valence-electron chi connectivity index (χ3n) is 10.1. The Hall–Kier alpha value is -3.89. The molecule has 0 spiro atoms. The number of carbonyl (C=O) groups excluding carboxylic acids is 1. The maximum atomic E-state index is 14.5. The fraction of sp³-hybridized carbons (Fsp3) is 0.394. The summed E-state index contributed by atoms with van der Waals surface area (Å²) in [6.07, 6.45) is 5.18. The molecule has 8 nitrogen and oxygen atoms in total. The van der Waals surface area contributed by atoms with Crippen molar-refractivity contribution in [2.75, 3.05) is 37.7 Å². The third-order valence-corrected chi connectivity index (χ3v) is 10.4. The van der Waals surface area contributed by atoms with Crippen LogP contribution in [0.15, 0.2) is 54.9 Å². The molecule has 0 aliphatic carbocycles. The Balaban J connectivity index is 1.20. The van der Waals surface area contributed by atoms with Gasteiger partial charge in [0.25, 0.3) is 5.91 Å². The molecule has 8 rings (SSSR count). The van der Waals surface area contributed by atoms with Crippen LogP contribution in [0.2, 0.25) is 5.02 Å². The fourth-order valence-corrected chi connectivity index (χ4v) is 8.14. The van der Waals surface area contributed by atoms with Gasteiger partial charge in [0.15, 0.2) is 11.5 Å². The number of carbonyl (C=O) groups is 1. The minimum Gasteiger partial charge on any atom is -0.461 e. The van der Waals surface area contributed by atoms with Crippen LogP contribution in [0.1, 0.15) is 32.1 Å². The Morgan fingerprint density at radius 3 is 2.66 bits per heavy atom. The van der Waals surface area contributed by atoms with E-state index in [0.29, 0.717) is 54.2 Å². The number of hydrogen-bond donors (Lipinski definition) is 0. The summed E-state index contributed by atoms with van der Waals surface area (Å²) >= 11 is 6.45. The van der Waals surface area contributed by atoms with Gasteiger partial charge in [0.2, 0.25) is 0 Å². The van der Waals surface area contributed by atoms with Crippen molar-refractivity contribution >= 4 is 45.1 Å². The molecule has 4 aromatic rings. The van der Waals surface area contributed by atoms with E-state index >= 15 is 0 Å². The van der Waals surface area contributed by atoms with Crippen molar-refractivity contribution in [1.82, 2.24) is 24.8 Å². The van der Waals surface area contributed by atoms with E-state index in [2.05, 4.69) is 16.4 Å². The maximum Gasteiger partial charge on any atom is 0.320 e. The molecular formula is C33H31ClF2N6O2. The monoisotopic (exact) mass is 616 g/mol. The first-order valence-electron chi connectivity index (χ1n) is 15.2. The van der Waals surface area contributed by atoms with E-state index in [1.54, 1.807) is 11.0 Å². The van der Waals surface area contributed by atoms with Crippen LogP contribution in [0.5, 0.6) is 6.01 Å². The number of anilines is 1. The van der Waals surface area contributed by atoms with Gasteiger partial charge in [0.1, 0.15) is 18.2 Å². The van der Waals surface area contributed by atoms with Gasteiger partial charge in [-0.25, -0.2) is 13.8 Å². The number of benzene rings is 2. The molecule has 0 bridgehead atoms. The average molecular weight is 617 g/mol. The highest BCUT2D eigenvalue weighted by molar-refractivity contribution is 6.36. The second kappa shape index (κ2) is 10.3. The van der Waals surface area contributed by atoms with Crippen LogP contribution in [-0.2, 0) is 4.79 Å². The molecule has 2 atom stereocenters. The average Bonchev–Trinajstić information content (AvgIpc) is 3.69. The molecule has 2 aromatic carbocycles. The van der Waals surface area contributed by atoms with E-state index in [1.165, 1.54) is 6.07 Å². The Bertz CT molecular complexity index is 1840. The van der Waals surface area contributed by atoms with Gasteiger partial charge >= 0.3 is 6.01 Å². The maximum absolute atomic E-state index is 14.5. The summed E-state index contributed by atoms with van der Waals surface area (Å²) in [6.45, 7) is 6.84. The Morgan fingerprint density at radius 2 is 1.86 bits per heavy atom. The lowest BCUT2D eigenvalue weighted by Crippen LogP contribution is -2.63. The summed E-state index contributed by atoms with van der Waals surface area (Å²) in [5.74, 6) is -1.41. The normalized spacial score (nSPS) is 22.3. The number of fused-ring (bicyclic) bond motifs is 4. The quantitative estimate of drug-likeness (QED) is 0.249. The second-order valence-corrected chi connectivity index (χ2v) is 12.7. The van der Waals surface area contributed by atoms with Gasteiger partial charge < -0.3 is 14.5 Å². The molecule has 44 heavy (non-hydrogen) atoms. The predicted molar refractivity (Wildman–Crippen MR) is 165 cm³/mol. The summed E-state index contributed by atoms with van der Waals surface area (Å²) in [5, 5.41) is 2.18. The smallest absolute Gasteiger partial charge is 0.320 e. The van der Waals surface area contributed by atoms with Crippen molar-refractivity contribution in [3.63, 3.8) is 0 Å². The van der Waals surface area contributed by atoms with Crippen molar-refractivity contribution < 1.29 is 18.3 Å². The summed E-state index contributed by atoms with van der Waals surface area (Å²) in [5.41, 5.74) is 1.76. The summed E-state index contributed by atoms with van der Waals surface area (Å²) in [7, 11) is 0. The number of hydrogen-bond acceptors (Lipinski definition) is 7. The highest BCUT2D eigenvalue weighted by Gasteiger charge is 2.50. The molecule has 0 radical (unpaired) electrons.